The van der Waals surface area contributed by atoms with E-state index < -0.39 is 0 Å². The van der Waals surface area contributed by atoms with Crippen LogP contribution in [0.5, 0.6) is 0 Å². The van der Waals surface area contributed by atoms with Gasteiger partial charge in [0.1, 0.15) is 0 Å². The predicted molar refractivity (Wildman–Crippen MR) is 98.8 cm³/mol. The van der Waals surface area contributed by atoms with Crippen LogP contribution in [-0.4, -0.2) is 15.9 Å². The number of carbonyl (C=O) groups excluding carboxylic acids is 1. The second-order valence-electron chi connectivity index (χ2n) is 5.84. The van der Waals surface area contributed by atoms with E-state index in [4.69, 9.17) is 0 Å². The number of hydrogen-bond donors (Lipinski definition) is 2. The zero-order chi connectivity index (χ0) is 17.6. The molecule has 2 N–H and O–H groups in total. The van der Waals surface area contributed by atoms with Crippen molar-refractivity contribution in [3.8, 4) is 0 Å². The third kappa shape index (κ3) is 4.20. The maximum Gasteiger partial charge on any atom is 0.254 e. The second-order valence-corrected chi connectivity index (χ2v) is 5.84. The van der Waals surface area contributed by atoms with Gasteiger partial charge in [-0.3, -0.25) is 4.79 Å². The lowest BCUT2D eigenvalue weighted by molar-refractivity contribution is 0.0939. The molecule has 0 fully saturated rings. The minimum Gasteiger partial charge on any atom is -0.345 e. The van der Waals surface area contributed by atoms with E-state index in [2.05, 4.69) is 20.6 Å². The average Bonchev–Trinajstić information content (AvgIpc) is 2.65. The first-order valence-electron chi connectivity index (χ1n) is 8.14. The lowest BCUT2D eigenvalue weighted by atomic mass is 10.1. The minimum atomic E-state index is -0.196. The summed E-state index contributed by atoms with van der Waals surface area (Å²) >= 11 is 0. The molecule has 1 heterocycles. The lowest BCUT2D eigenvalue weighted by Crippen LogP contribution is -2.26. The quantitative estimate of drug-likeness (QED) is 0.740. The number of hydrogen-bond acceptors (Lipinski definition) is 4. The molecule has 0 saturated carbocycles. The third-order valence-corrected chi connectivity index (χ3v) is 3.95. The van der Waals surface area contributed by atoms with Gasteiger partial charge < -0.3 is 10.6 Å². The number of carbonyl (C=O) groups is 1. The summed E-state index contributed by atoms with van der Waals surface area (Å²) in [5.74, 6) is 0.265. The molecular weight excluding hydrogens is 312 g/mol. The number of anilines is 2. The number of aryl methyl sites for hydroxylation is 1. The van der Waals surface area contributed by atoms with E-state index in [1.807, 2.05) is 68.4 Å². The Morgan fingerprint density at radius 2 is 1.60 bits per heavy atom. The van der Waals surface area contributed by atoms with Crippen molar-refractivity contribution in [1.82, 2.24) is 15.3 Å². The van der Waals surface area contributed by atoms with Crippen LogP contribution in [-0.2, 0) is 0 Å². The van der Waals surface area contributed by atoms with Crippen LogP contribution in [0.2, 0.25) is 0 Å². The molecule has 1 amide bonds. The Morgan fingerprint density at radius 3 is 2.28 bits per heavy atom. The molecule has 0 radical (unpaired) electrons. The normalized spacial score (nSPS) is 11.6. The smallest absolute Gasteiger partial charge is 0.254 e. The van der Waals surface area contributed by atoms with E-state index in [-0.39, 0.29) is 11.9 Å². The minimum absolute atomic E-state index is 0.0848. The van der Waals surface area contributed by atoms with Gasteiger partial charge in [0, 0.05) is 18.1 Å². The fourth-order valence-electron chi connectivity index (χ4n) is 2.45. The van der Waals surface area contributed by atoms with E-state index in [1.54, 1.807) is 0 Å². The number of rotatable bonds is 5. The lowest BCUT2D eigenvalue weighted by Gasteiger charge is -2.14. The largest absolute Gasteiger partial charge is 0.345 e. The molecule has 0 aliphatic rings. The van der Waals surface area contributed by atoms with Crippen LogP contribution >= 0.6 is 0 Å². The van der Waals surface area contributed by atoms with Crippen LogP contribution in [0.15, 0.2) is 67.0 Å². The SMILES string of the molecule is Cc1ccccc1Nc1ncc(C(=O)NC(C)c2ccccc2)cn1. The number of aromatic nitrogens is 2. The summed E-state index contributed by atoms with van der Waals surface area (Å²) in [6.45, 7) is 3.96. The van der Waals surface area contributed by atoms with Gasteiger partial charge in [0.2, 0.25) is 5.95 Å². The molecule has 1 aromatic heterocycles. The summed E-state index contributed by atoms with van der Waals surface area (Å²) in [5, 5.41) is 6.10. The van der Waals surface area contributed by atoms with Crippen molar-refractivity contribution in [2.45, 2.75) is 19.9 Å². The van der Waals surface area contributed by atoms with E-state index >= 15 is 0 Å². The van der Waals surface area contributed by atoms with Gasteiger partial charge in [0.05, 0.1) is 11.6 Å². The summed E-state index contributed by atoms with van der Waals surface area (Å²) in [6.07, 6.45) is 3.06. The molecule has 25 heavy (non-hydrogen) atoms. The number of para-hydroxylation sites is 1. The molecule has 0 aliphatic heterocycles. The molecule has 3 aromatic rings. The van der Waals surface area contributed by atoms with Crippen molar-refractivity contribution < 1.29 is 4.79 Å². The van der Waals surface area contributed by atoms with Crippen LogP contribution in [0.1, 0.15) is 34.5 Å². The summed E-state index contributed by atoms with van der Waals surface area (Å²) in [7, 11) is 0. The zero-order valence-corrected chi connectivity index (χ0v) is 14.2. The molecule has 3 rings (SSSR count). The molecule has 1 unspecified atom stereocenters. The molecule has 0 saturated heterocycles. The predicted octanol–water partition coefficient (Wildman–Crippen LogP) is 4.02. The van der Waals surface area contributed by atoms with E-state index in [1.165, 1.54) is 12.4 Å². The zero-order valence-electron chi connectivity index (χ0n) is 14.2. The van der Waals surface area contributed by atoms with Crippen molar-refractivity contribution in [1.29, 1.82) is 0 Å². The first-order valence-corrected chi connectivity index (χ1v) is 8.14. The summed E-state index contributed by atoms with van der Waals surface area (Å²) in [4.78, 5) is 20.8. The van der Waals surface area contributed by atoms with E-state index in [9.17, 15) is 4.79 Å². The molecule has 5 heteroatoms. The molecule has 2 aromatic carbocycles. The maximum absolute atomic E-state index is 12.3. The summed E-state index contributed by atoms with van der Waals surface area (Å²) in [5.41, 5.74) is 3.52. The highest BCUT2D eigenvalue weighted by Crippen LogP contribution is 2.17. The number of nitrogens with zero attached hydrogens (tertiary/aromatic N) is 2. The van der Waals surface area contributed by atoms with Crippen molar-refractivity contribution in [3.05, 3.63) is 83.7 Å². The molecule has 126 valence electrons. The van der Waals surface area contributed by atoms with Gasteiger partial charge in [-0.15, -0.1) is 0 Å². The van der Waals surface area contributed by atoms with Crippen molar-refractivity contribution in [2.24, 2.45) is 0 Å². The Kier molecular flexibility index (Phi) is 5.04. The number of nitrogens with one attached hydrogen (secondary N) is 2. The van der Waals surface area contributed by atoms with Crippen molar-refractivity contribution in [3.63, 3.8) is 0 Å². The Hall–Kier alpha value is -3.21. The van der Waals surface area contributed by atoms with Gasteiger partial charge in [0.25, 0.3) is 5.91 Å². The Labute approximate surface area is 147 Å². The maximum atomic E-state index is 12.3. The molecule has 0 aliphatic carbocycles. The Morgan fingerprint density at radius 1 is 0.960 bits per heavy atom. The van der Waals surface area contributed by atoms with Crippen molar-refractivity contribution in [2.75, 3.05) is 5.32 Å². The van der Waals surface area contributed by atoms with Gasteiger partial charge in [-0.2, -0.15) is 0 Å². The first kappa shape index (κ1) is 16.6. The number of benzene rings is 2. The molecular formula is C20H20N4O. The molecule has 5 nitrogen and oxygen atoms in total. The van der Waals surface area contributed by atoms with Gasteiger partial charge in [-0.05, 0) is 31.0 Å². The first-order chi connectivity index (χ1) is 12.1. The van der Waals surface area contributed by atoms with E-state index in [0.29, 0.717) is 11.5 Å². The number of amides is 1. The van der Waals surface area contributed by atoms with Gasteiger partial charge in [-0.1, -0.05) is 48.5 Å². The van der Waals surface area contributed by atoms with E-state index in [0.717, 1.165) is 16.8 Å². The second kappa shape index (κ2) is 7.57. The van der Waals surface area contributed by atoms with Crippen LogP contribution in [0.25, 0.3) is 0 Å². The highest BCUT2D eigenvalue weighted by molar-refractivity contribution is 5.93. The van der Waals surface area contributed by atoms with Crippen LogP contribution < -0.4 is 10.6 Å². The highest BCUT2D eigenvalue weighted by atomic mass is 16.1. The fraction of sp³-hybridized carbons (Fsp3) is 0.150. The summed E-state index contributed by atoms with van der Waals surface area (Å²) in [6, 6.07) is 17.6. The molecule has 1 atom stereocenters. The van der Waals surface area contributed by atoms with Crippen LogP contribution in [0, 0.1) is 6.92 Å². The van der Waals surface area contributed by atoms with Crippen molar-refractivity contribution >= 4 is 17.5 Å². The molecule has 0 bridgehead atoms. The third-order valence-electron chi connectivity index (χ3n) is 3.95. The Bertz CT molecular complexity index is 847. The van der Waals surface area contributed by atoms with Gasteiger partial charge in [-0.25, -0.2) is 9.97 Å². The average molecular weight is 332 g/mol. The topological polar surface area (TPSA) is 66.9 Å². The van der Waals surface area contributed by atoms with Gasteiger partial charge in [0.15, 0.2) is 0 Å². The highest BCUT2D eigenvalue weighted by Gasteiger charge is 2.12. The monoisotopic (exact) mass is 332 g/mol. The summed E-state index contributed by atoms with van der Waals surface area (Å²) < 4.78 is 0. The Balaban J connectivity index is 1.65. The van der Waals surface area contributed by atoms with Crippen LogP contribution in [0.4, 0.5) is 11.6 Å². The van der Waals surface area contributed by atoms with Gasteiger partial charge >= 0.3 is 0 Å². The fourth-order valence-corrected chi connectivity index (χ4v) is 2.45. The standard InChI is InChI=1S/C20H20N4O/c1-14-8-6-7-11-18(14)24-20-21-12-17(13-22-20)19(25)23-15(2)16-9-4-3-5-10-16/h3-13,15H,1-2H3,(H,23,25)(H,21,22,24). The van der Waals surface area contributed by atoms with Crippen LogP contribution in [0.3, 0.4) is 0 Å². The molecule has 0 spiro atoms.